The minimum Gasteiger partial charge on any atom is -0.481 e. The molecule has 115 heavy (non-hydrogen) atoms. The van der Waals surface area contributed by atoms with Gasteiger partial charge in [0.15, 0.2) is 5.96 Å². The van der Waals surface area contributed by atoms with E-state index in [1.165, 1.54) is 34.8 Å². The molecule has 41 nitrogen and oxygen atoms in total. The molecule has 13 amide bonds. The van der Waals surface area contributed by atoms with Crippen molar-refractivity contribution >= 4 is 112 Å². The number of rotatable bonds is 33. The second-order valence-electron chi connectivity index (χ2n) is 28.4. The number of guanidine groups is 1. The number of hydrogen-bond donors (Lipinski definition) is 20. The molecule has 620 valence electrons. The van der Waals surface area contributed by atoms with Gasteiger partial charge in [0.05, 0.1) is 32.2 Å². The van der Waals surface area contributed by atoms with Gasteiger partial charge in [0.25, 0.3) is 0 Å². The van der Waals surface area contributed by atoms with Crippen molar-refractivity contribution in [1.29, 1.82) is 5.41 Å². The molecule has 3 aromatic heterocycles. The number of fused-ring (bicyclic) bond motifs is 1. The van der Waals surface area contributed by atoms with Crippen LogP contribution in [0.4, 0.5) is 0 Å². The smallest absolute Gasteiger partial charge is 0.317 e. The molecule has 3 aliphatic heterocycles. The number of para-hydroxylation sites is 1. The molecule has 0 aliphatic carbocycles. The number of hydrogen-bond acceptors (Lipinski definition) is 20. The Morgan fingerprint density at radius 1 is 0.609 bits per heavy atom. The molecule has 11 unspecified atom stereocenters. The van der Waals surface area contributed by atoms with Gasteiger partial charge in [0.1, 0.15) is 66.5 Å². The number of carboxylic acid groups (broad SMARTS) is 3. The quantitative estimate of drug-likeness (QED) is 0.0108. The number of imidazole rings is 2. The lowest BCUT2D eigenvalue weighted by atomic mass is 10.0. The number of benzene rings is 2. The van der Waals surface area contributed by atoms with E-state index in [1.54, 1.807) is 60.8 Å². The fourth-order valence-electron chi connectivity index (χ4n) is 14.0. The van der Waals surface area contributed by atoms with Crippen molar-refractivity contribution in [3.8, 4) is 0 Å². The summed E-state index contributed by atoms with van der Waals surface area (Å²) in [6.07, 6.45) is 4.72. The summed E-state index contributed by atoms with van der Waals surface area (Å²) in [5.74, 6) is -15.9. The molecular formula is C74H100N22O19. The van der Waals surface area contributed by atoms with E-state index in [1.807, 2.05) is 0 Å². The zero-order valence-electron chi connectivity index (χ0n) is 63.4. The third kappa shape index (κ3) is 27.2. The lowest BCUT2D eigenvalue weighted by Crippen LogP contribution is -2.61. The first-order valence-corrected chi connectivity index (χ1v) is 37.9. The SMILES string of the molecule is CC(=O)NC1CCC(=O)NCCCC(C(=O)N2CCCC2C(=O)N2CCCC2C(=O)NC(Cc2cnc[nH]2)C(=O)NC(CC(=O)O)C(=O)NC(CCCCN(CC(=O)O)CC(=O)O)C(N)=O)NC(=O)C(Cc2c[nH]c3ccccc23)NC(=O)C(CCCNC(=N)N)NC(=O)C(Cc2ccccc2)NC(=O)C(Cc2cnc[nH]2)NC1=O. The number of nitrogens with two attached hydrogens (primary N) is 2. The lowest BCUT2D eigenvalue weighted by Gasteiger charge is -2.34. The van der Waals surface area contributed by atoms with Gasteiger partial charge in [0.2, 0.25) is 76.8 Å². The average Bonchev–Trinajstić information content (AvgIpc) is 1.68. The Bertz CT molecular complexity index is 4260. The van der Waals surface area contributed by atoms with Gasteiger partial charge in [-0.15, -0.1) is 0 Å². The largest absolute Gasteiger partial charge is 0.481 e. The van der Waals surface area contributed by atoms with Crippen molar-refractivity contribution < 1.29 is 92.0 Å². The first-order valence-electron chi connectivity index (χ1n) is 37.9. The highest BCUT2D eigenvalue weighted by Crippen LogP contribution is 2.28. The molecule has 0 bridgehead atoms. The van der Waals surface area contributed by atoms with Gasteiger partial charge < -0.3 is 110 Å². The number of amides is 13. The molecule has 5 aromatic rings. The van der Waals surface area contributed by atoms with Gasteiger partial charge in [-0.1, -0.05) is 48.5 Å². The van der Waals surface area contributed by atoms with Crippen molar-refractivity contribution in [3.05, 3.63) is 108 Å². The Kier molecular flexibility index (Phi) is 33.0. The third-order valence-electron chi connectivity index (χ3n) is 19.7. The molecule has 6 heterocycles. The van der Waals surface area contributed by atoms with Gasteiger partial charge in [-0.3, -0.25) is 87.0 Å². The first kappa shape index (κ1) is 87.7. The Morgan fingerprint density at radius 2 is 1.20 bits per heavy atom. The predicted octanol–water partition coefficient (Wildman–Crippen LogP) is -4.20. The molecule has 3 saturated heterocycles. The summed E-state index contributed by atoms with van der Waals surface area (Å²) in [5, 5.41) is 66.0. The number of aliphatic carboxylic acids is 3. The number of nitrogens with one attached hydrogen (secondary N) is 15. The van der Waals surface area contributed by atoms with E-state index >= 15 is 24.0 Å². The molecule has 0 saturated carbocycles. The molecule has 0 spiro atoms. The highest BCUT2D eigenvalue weighted by atomic mass is 16.4. The third-order valence-corrected chi connectivity index (χ3v) is 19.7. The number of carbonyl (C=O) groups is 16. The van der Waals surface area contributed by atoms with E-state index in [0.717, 1.165) is 11.8 Å². The number of aromatic amines is 3. The zero-order chi connectivity index (χ0) is 83.3. The number of H-pyrrole nitrogens is 3. The van der Waals surface area contributed by atoms with E-state index in [2.05, 4.69) is 83.4 Å². The number of aromatic nitrogens is 5. The topological polar surface area (TPSA) is 625 Å². The van der Waals surface area contributed by atoms with Crippen LogP contribution in [0.3, 0.4) is 0 Å². The van der Waals surface area contributed by atoms with Crippen molar-refractivity contribution in [2.24, 2.45) is 11.5 Å². The summed E-state index contributed by atoms with van der Waals surface area (Å²) in [6.45, 7) is -0.253. The Hall–Kier alpha value is -12.9. The fourth-order valence-corrected chi connectivity index (χ4v) is 14.0. The van der Waals surface area contributed by atoms with Gasteiger partial charge in [-0.05, 0) is 101 Å². The summed E-state index contributed by atoms with van der Waals surface area (Å²) in [4.78, 5) is 243. The molecule has 2 aromatic carbocycles. The molecule has 0 radical (unpaired) electrons. The number of primary amides is 1. The zero-order valence-corrected chi connectivity index (χ0v) is 63.4. The highest BCUT2D eigenvalue weighted by molar-refractivity contribution is 6.01. The lowest BCUT2D eigenvalue weighted by molar-refractivity contribution is -0.148. The van der Waals surface area contributed by atoms with Crippen LogP contribution >= 0.6 is 0 Å². The Labute approximate surface area is 659 Å². The normalized spacial score (nSPS) is 21.0. The van der Waals surface area contributed by atoms with E-state index in [0.29, 0.717) is 27.7 Å². The molecule has 8 rings (SSSR count). The van der Waals surface area contributed by atoms with E-state index in [9.17, 15) is 68.1 Å². The molecule has 3 fully saturated rings. The van der Waals surface area contributed by atoms with Gasteiger partial charge >= 0.3 is 17.9 Å². The molecular weight excluding hydrogens is 1500 g/mol. The fraction of sp³-hybridized carbons (Fsp3) is 0.500. The molecule has 22 N–H and O–H groups in total. The summed E-state index contributed by atoms with van der Waals surface area (Å²) < 4.78 is 0. The van der Waals surface area contributed by atoms with Crippen molar-refractivity contribution in [1.82, 2.24) is 98.1 Å². The second-order valence-corrected chi connectivity index (χ2v) is 28.4. The summed E-state index contributed by atoms with van der Waals surface area (Å²) in [5.41, 5.74) is 13.7. The van der Waals surface area contributed by atoms with Crippen LogP contribution in [-0.4, -0.2) is 268 Å². The maximum absolute atomic E-state index is 15.6. The minimum absolute atomic E-state index is 0.0213. The van der Waals surface area contributed by atoms with Gasteiger partial charge in [-0.2, -0.15) is 0 Å². The maximum Gasteiger partial charge on any atom is 0.317 e. The number of carbonyl (C=O) groups excluding carboxylic acids is 13. The standard InChI is InChI=1S/C74H100N22O19/c1-41(97)85-50-22-23-59(98)80-24-10-19-51(88-67(109)53(30-43-34-82-47-16-6-5-15-46(43)47)90-64(106)49(18-9-25-81-74(76)77)87-66(108)52(29-42-13-3-2-4-14-42)89-68(110)54(91-65(50)107)31-44-35-78-39-83-44)72(114)96-28-12-21-58(96)73(115)95-27-11-20-57(95)71(113)93-55(32-45-36-79-40-84-45)69(111)92-56(33-60(99)100)70(112)86-48(63(75)105)17-7-8-26-94(37-61(101)102)38-62(103)104/h2-6,13-16,34-36,39-40,48-58,82H,7-12,17-33,37-38H2,1H3,(H2,75,105)(H,78,83)(H,79,84)(H,80,98)(H,85,97)(H,86,112)(H,87,108)(H,88,109)(H,89,110)(H,90,106)(H,91,107)(H,92,111)(H,93,113)(H,99,100)(H,101,102)(H,103,104)(H4,76,77,81). The molecule has 3 aliphatic rings. The Balaban J connectivity index is 1.06. The summed E-state index contributed by atoms with van der Waals surface area (Å²) in [7, 11) is 0. The van der Waals surface area contributed by atoms with Crippen molar-refractivity contribution in [3.63, 3.8) is 0 Å². The van der Waals surface area contributed by atoms with Crippen LogP contribution in [0, 0.1) is 5.41 Å². The van der Waals surface area contributed by atoms with E-state index in [4.69, 9.17) is 16.9 Å². The summed E-state index contributed by atoms with van der Waals surface area (Å²) >= 11 is 0. The van der Waals surface area contributed by atoms with Crippen LogP contribution in [-0.2, 0) is 102 Å². The first-order chi connectivity index (χ1) is 55.0. The van der Waals surface area contributed by atoms with E-state index < -0.39 is 187 Å². The number of unbranched alkanes of at least 4 members (excludes halogenated alkanes) is 1. The summed E-state index contributed by atoms with van der Waals surface area (Å²) in [6, 6.07) is -0.749. The number of likely N-dealkylation sites (tertiary alicyclic amines) is 2. The second kappa shape index (κ2) is 43.3. The van der Waals surface area contributed by atoms with Crippen LogP contribution in [0.15, 0.2) is 85.8 Å². The van der Waals surface area contributed by atoms with Crippen molar-refractivity contribution in [2.75, 3.05) is 45.8 Å². The minimum atomic E-state index is -1.89. The monoisotopic (exact) mass is 1600 g/mol. The van der Waals surface area contributed by atoms with Crippen LogP contribution in [0.1, 0.15) is 119 Å². The average molecular weight is 1600 g/mol. The molecule has 41 heteroatoms. The number of carboxylic acids is 3. The molecule has 11 atom stereocenters. The highest BCUT2D eigenvalue weighted by Gasteiger charge is 2.45. The van der Waals surface area contributed by atoms with Crippen molar-refractivity contribution in [2.45, 2.75) is 189 Å². The van der Waals surface area contributed by atoms with Gasteiger partial charge in [0, 0.05) is 106 Å². The maximum atomic E-state index is 15.6. The number of nitrogens with zero attached hydrogens (tertiary/aromatic N) is 5. The Morgan fingerprint density at radius 3 is 1.84 bits per heavy atom. The van der Waals surface area contributed by atoms with Crippen LogP contribution in [0.2, 0.25) is 0 Å². The van der Waals surface area contributed by atoms with Crippen LogP contribution < -0.4 is 70.0 Å². The van der Waals surface area contributed by atoms with Crippen LogP contribution in [0.5, 0.6) is 0 Å². The van der Waals surface area contributed by atoms with E-state index in [-0.39, 0.29) is 148 Å². The van der Waals surface area contributed by atoms with Gasteiger partial charge in [-0.25, -0.2) is 9.97 Å². The van der Waals surface area contributed by atoms with Crippen LogP contribution in [0.25, 0.3) is 10.9 Å². The predicted molar refractivity (Wildman–Crippen MR) is 407 cm³/mol.